The Kier molecular flexibility index (Phi) is 12.8. The van der Waals surface area contributed by atoms with Crippen LogP contribution in [0.3, 0.4) is 0 Å². The summed E-state index contributed by atoms with van der Waals surface area (Å²) in [5.74, 6) is 4.54. The Balaban J connectivity index is 1.41. The van der Waals surface area contributed by atoms with Crippen molar-refractivity contribution in [2.45, 2.75) is 161 Å². The topological polar surface area (TPSA) is 35.5 Å². The van der Waals surface area contributed by atoms with Crippen molar-refractivity contribution in [2.24, 2.45) is 29.6 Å². The monoisotopic (exact) mass is 490 g/mol. The molecular formula is C32H58O3. The number of carbonyl (C=O) groups is 1. The fourth-order valence-electron chi connectivity index (χ4n) is 7.93. The van der Waals surface area contributed by atoms with Gasteiger partial charge < -0.3 is 9.47 Å². The lowest BCUT2D eigenvalue weighted by molar-refractivity contribution is -0.0701. The molecule has 204 valence electrons. The van der Waals surface area contributed by atoms with Crippen molar-refractivity contribution in [3.05, 3.63) is 0 Å². The number of carbonyl (C=O) groups excluding carboxylic acids is 1. The molecule has 0 N–H and O–H groups in total. The quantitative estimate of drug-likeness (QED) is 0.190. The zero-order chi connectivity index (χ0) is 24.9. The minimum atomic E-state index is -0.463. The van der Waals surface area contributed by atoms with Crippen LogP contribution >= 0.6 is 0 Å². The van der Waals surface area contributed by atoms with Gasteiger partial charge in [0.2, 0.25) is 0 Å². The van der Waals surface area contributed by atoms with Gasteiger partial charge in [-0.2, -0.15) is 0 Å². The van der Waals surface area contributed by atoms with Crippen LogP contribution in [0.15, 0.2) is 0 Å². The molecule has 0 aromatic heterocycles. The van der Waals surface area contributed by atoms with Gasteiger partial charge in [0.05, 0.1) is 7.11 Å². The number of unbranched alkanes of at least 4 members (excludes halogenated alkanes) is 4. The van der Waals surface area contributed by atoms with Crippen molar-refractivity contribution in [2.75, 3.05) is 7.11 Å². The van der Waals surface area contributed by atoms with E-state index in [1.807, 2.05) is 0 Å². The summed E-state index contributed by atoms with van der Waals surface area (Å²) in [6, 6.07) is 0. The van der Waals surface area contributed by atoms with Gasteiger partial charge in [-0.05, 0) is 81.0 Å². The van der Waals surface area contributed by atoms with E-state index in [1.165, 1.54) is 129 Å². The summed E-state index contributed by atoms with van der Waals surface area (Å²) < 4.78 is 11.0. The minimum absolute atomic E-state index is 0.264. The molecule has 35 heavy (non-hydrogen) atoms. The van der Waals surface area contributed by atoms with Gasteiger partial charge in [-0.1, -0.05) is 104 Å². The summed E-state index contributed by atoms with van der Waals surface area (Å²) in [6.07, 6.45) is 29.1. The molecule has 3 fully saturated rings. The highest BCUT2D eigenvalue weighted by Gasteiger charge is 2.42. The molecule has 0 radical (unpaired) electrons. The van der Waals surface area contributed by atoms with Crippen LogP contribution in [0.1, 0.15) is 155 Å². The van der Waals surface area contributed by atoms with Gasteiger partial charge in [0.15, 0.2) is 0 Å². The lowest BCUT2D eigenvalue weighted by Crippen LogP contribution is -2.41. The van der Waals surface area contributed by atoms with Crippen molar-refractivity contribution < 1.29 is 14.3 Å². The van der Waals surface area contributed by atoms with Crippen LogP contribution in [-0.2, 0) is 9.47 Å². The summed E-state index contributed by atoms with van der Waals surface area (Å²) in [5.41, 5.74) is -0.264. The first-order chi connectivity index (χ1) is 17.1. The van der Waals surface area contributed by atoms with Crippen LogP contribution < -0.4 is 0 Å². The third-order valence-electron chi connectivity index (χ3n) is 10.4. The molecule has 3 aliphatic carbocycles. The number of hydrogen-bond donors (Lipinski definition) is 0. The molecule has 3 heteroatoms. The Morgan fingerprint density at radius 2 is 1.20 bits per heavy atom. The maximum atomic E-state index is 12.2. The number of rotatable bonds is 13. The summed E-state index contributed by atoms with van der Waals surface area (Å²) in [7, 11) is 1.46. The van der Waals surface area contributed by atoms with E-state index in [-0.39, 0.29) is 5.60 Å². The van der Waals surface area contributed by atoms with Crippen molar-refractivity contribution in [3.63, 3.8) is 0 Å². The number of ether oxygens (including phenoxy) is 2. The normalized spacial score (nSPS) is 33.9. The number of methoxy groups -OCH3 is 1. The predicted octanol–water partition coefficient (Wildman–Crippen LogP) is 10.3. The van der Waals surface area contributed by atoms with E-state index in [9.17, 15) is 4.79 Å². The molecule has 3 aliphatic rings. The molecule has 3 nitrogen and oxygen atoms in total. The molecule has 3 rings (SSSR count). The fraction of sp³-hybridized carbons (Fsp3) is 0.969. The highest BCUT2D eigenvalue weighted by atomic mass is 16.7. The van der Waals surface area contributed by atoms with E-state index < -0.39 is 6.16 Å². The first-order valence-electron chi connectivity index (χ1n) is 15.8. The van der Waals surface area contributed by atoms with Crippen LogP contribution in [0, 0.1) is 29.6 Å². The SMILES string of the molecule is CCCCCCCC1CCC(C2CCC(CCC3CCC(CCC)CC3)(OC(=O)OC)CC2)CC1. The second-order valence-electron chi connectivity index (χ2n) is 12.8. The molecule has 0 atom stereocenters. The van der Waals surface area contributed by atoms with E-state index in [0.29, 0.717) is 0 Å². The first kappa shape index (κ1) is 28.8. The summed E-state index contributed by atoms with van der Waals surface area (Å²) in [6.45, 7) is 4.62. The van der Waals surface area contributed by atoms with E-state index in [0.717, 1.165) is 48.9 Å². The smallest absolute Gasteiger partial charge is 0.438 e. The van der Waals surface area contributed by atoms with Gasteiger partial charge >= 0.3 is 6.16 Å². The Morgan fingerprint density at radius 3 is 1.80 bits per heavy atom. The van der Waals surface area contributed by atoms with E-state index in [2.05, 4.69) is 13.8 Å². The largest absolute Gasteiger partial charge is 0.508 e. The second kappa shape index (κ2) is 15.5. The molecule has 0 heterocycles. The molecule has 0 saturated heterocycles. The Bertz CT molecular complexity index is 563. The molecule has 0 aromatic carbocycles. The van der Waals surface area contributed by atoms with Crippen molar-refractivity contribution in [1.82, 2.24) is 0 Å². The van der Waals surface area contributed by atoms with Gasteiger partial charge in [-0.3, -0.25) is 0 Å². The van der Waals surface area contributed by atoms with Crippen LogP contribution in [0.25, 0.3) is 0 Å². The minimum Gasteiger partial charge on any atom is -0.438 e. The summed E-state index contributed by atoms with van der Waals surface area (Å²) in [4.78, 5) is 12.2. The van der Waals surface area contributed by atoms with Gasteiger partial charge in [-0.25, -0.2) is 4.79 Å². The average Bonchev–Trinajstić information content (AvgIpc) is 2.89. The summed E-state index contributed by atoms with van der Waals surface area (Å²) in [5, 5.41) is 0. The second-order valence-corrected chi connectivity index (χ2v) is 12.8. The van der Waals surface area contributed by atoms with Crippen LogP contribution in [0.5, 0.6) is 0 Å². The Morgan fingerprint density at radius 1 is 0.657 bits per heavy atom. The first-order valence-corrected chi connectivity index (χ1v) is 15.8. The predicted molar refractivity (Wildman–Crippen MR) is 147 cm³/mol. The van der Waals surface area contributed by atoms with E-state index >= 15 is 0 Å². The number of hydrogen-bond acceptors (Lipinski definition) is 3. The highest BCUT2D eigenvalue weighted by molar-refractivity contribution is 5.60. The Hall–Kier alpha value is -0.730. The molecule has 3 saturated carbocycles. The zero-order valence-corrected chi connectivity index (χ0v) is 23.7. The standard InChI is InChI=1S/C32H58O3/c1-4-6-7-8-9-11-27-16-18-29(19-17-27)30-21-24-32(25-22-30,35-31(33)34-3)23-20-28-14-12-26(10-5-2)13-15-28/h26-30H,4-25H2,1-3H3. The molecule has 0 aliphatic heterocycles. The Labute approximate surface area is 217 Å². The third-order valence-corrected chi connectivity index (χ3v) is 10.4. The van der Waals surface area contributed by atoms with Crippen molar-refractivity contribution in [1.29, 1.82) is 0 Å². The average molecular weight is 491 g/mol. The molecule has 0 spiro atoms. The van der Waals surface area contributed by atoms with Crippen molar-refractivity contribution in [3.8, 4) is 0 Å². The van der Waals surface area contributed by atoms with Gasteiger partial charge in [0, 0.05) is 0 Å². The summed E-state index contributed by atoms with van der Waals surface area (Å²) >= 11 is 0. The lowest BCUT2D eigenvalue weighted by atomic mass is 9.66. The molecule has 0 unspecified atom stereocenters. The van der Waals surface area contributed by atoms with Crippen LogP contribution in [0.2, 0.25) is 0 Å². The van der Waals surface area contributed by atoms with Gasteiger partial charge in [-0.15, -0.1) is 0 Å². The molecule has 0 aromatic rings. The maximum Gasteiger partial charge on any atom is 0.508 e. The van der Waals surface area contributed by atoms with Gasteiger partial charge in [0.1, 0.15) is 5.60 Å². The van der Waals surface area contributed by atoms with E-state index in [4.69, 9.17) is 9.47 Å². The molecular weight excluding hydrogens is 432 g/mol. The fourth-order valence-corrected chi connectivity index (χ4v) is 7.93. The zero-order valence-electron chi connectivity index (χ0n) is 23.7. The van der Waals surface area contributed by atoms with Crippen LogP contribution in [-0.4, -0.2) is 18.9 Å². The van der Waals surface area contributed by atoms with Gasteiger partial charge in [0.25, 0.3) is 0 Å². The molecule has 0 bridgehead atoms. The maximum absolute atomic E-state index is 12.2. The molecule has 0 amide bonds. The van der Waals surface area contributed by atoms with Crippen LogP contribution in [0.4, 0.5) is 4.79 Å². The van der Waals surface area contributed by atoms with Crippen molar-refractivity contribution >= 4 is 6.16 Å². The van der Waals surface area contributed by atoms with E-state index in [1.54, 1.807) is 0 Å². The third kappa shape index (κ3) is 9.58. The lowest BCUT2D eigenvalue weighted by Gasteiger charge is -2.43. The highest BCUT2D eigenvalue weighted by Crippen LogP contribution is 2.47.